The largest absolute Gasteiger partial charge is 1.00 e. The number of nitrogens with zero attached hydrogens (tertiary/aromatic N) is 2. The maximum Gasteiger partial charge on any atom is 0.316 e. The molecule has 0 bridgehead atoms. The Morgan fingerprint density at radius 3 is 2.14 bits per heavy atom. The van der Waals surface area contributed by atoms with Gasteiger partial charge in [0.2, 0.25) is 0 Å². The Morgan fingerprint density at radius 1 is 1.10 bits per heavy atom. The molecule has 0 aromatic carbocycles. The molecule has 0 N–H and O–H groups in total. The maximum absolute atomic E-state index is 11.7. The first-order valence-corrected chi connectivity index (χ1v) is 6.53. The van der Waals surface area contributed by atoms with Gasteiger partial charge in [-0.25, -0.2) is 0 Å². The molecule has 0 unspecified atom stereocenters. The van der Waals surface area contributed by atoms with Gasteiger partial charge in [0.15, 0.2) is 12.4 Å². The van der Waals surface area contributed by atoms with Gasteiger partial charge in [0.25, 0.3) is 6.73 Å². The monoisotopic (exact) mass is 306 g/mol. The van der Waals surface area contributed by atoms with Crippen LogP contribution in [0.5, 0.6) is 0 Å². The fourth-order valence-corrected chi connectivity index (χ4v) is 1.63. The molecule has 2 aromatic rings. The zero-order valence-electron chi connectivity index (χ0n) is 12.4. The molecule has 2 heterocycles. The van der Waals surface area contributed by atoms with Gasteiger partial charge < -0.3 is 17.1 Å². The van der Waals surface area contributed by atoms with Crippen LogP contribution in [0.3, 0.4) is 0 Å². The van der Waals surface area contributed by atoms with Crippen LogP contribution in [0.2, 0.25) is 0 Å². The van der Waals surface area contributed by atoms with E-state index >= 15 is 0 Å². The van der Waals surface area contributed by atoms with Crippen molar-refractivity contribution in [2.24, 2.45) is 5.41 Å². The quantitative estimate of drug-likeness (QED) is 0.572. The van der Waals surface area contributed by atoms with E-state index in [0.29, 0.717) is 0 Å². The van der Waals surface area contributed by atoms with Crippen LogP contribution in [-0.2, 0) is 16.3 Å². The standard InChI is InChI=1S/C16H19N2O2.ClH/c1-16(2,3)15(19)20-12-18-10-6-14(7-11-18)13-4-8-17-9-5-13;/h4-11H,12H2,1-3H3;1H/q+1;/p-1. The second-order valence-electron chi connectivity index (χ2n) is 5.65. The molecular weight excluding hydrogens is 288 g/mol. The molecule has 0 saturated heterocycles. The summed E-state index contributed by atoms with van der Waals surface area (Å²) in [6, 6.07) is 7.89. The number of carbonyl (C=O) groups excluding carboxylic acids is 1. The molecule has 5 heteroatoms. The van der Waals surface area contributed by atoms with Crippen molar-refractivity contribution in [3.05, 3.63) is 49.1 Å². The summed E-state index contributed by atoms with van der Waals surface area (Å²) in [5, 5.41) is 0. The maximum atomic E-state index is 11.7. The van der Waals surface area contributed by atoms with Crippen LogP contribution < -0.4 is 17.0 Å². The summed E-state index contributed by atoms with van der Waals surface area (Å²) in [7, 11) is 0. The Labute approximate surface area is 131 Å². The van der Waals surface area contributed by atoms with Crippen molar-refractivity contribution in [2.45, 2.75) is 27.5 Å². The molecule has 112 valence electrons. The summed E-state index contributed by atoms with van der Waals surface area (Å²) in [6.45, 7) is 5.75. The Balaban J connectivity index is 0.00000220. The highest BCUT2D eigenvalue weighted by Crippen LogP contribution is 2.16. The number of hydrogen-bond acceptors (Lipinski definition) is 3. The minimum atomic E-state index is -0.475. The molecule has 0 aliphatic rings. The average Bonchev–Trinajstić information content (AvgIpc) is 2.45. The number of pyridine rings is 2. The minimum absolute atomic E-state index is 0. The van der Waals surface area contributed by atoms with Crippen LogP contribution in [0.4, 0.5) is 0 Å². The Bertz CT molecular complexity index is 577. The number of halogens is 1. The number of hydrogen-bond donors (Lipinski definition) is 0. The first-order chi connectivity index (χ1) is 9.47. The Morgan fingerprint density at radius 2 is 1.62 bits per heavy atom. The summed E-state index contributed by atoms with van der Waals surface area (Å²) in [4.78, 5) is 15.7. The lowest BCUT2D eigenvalue weighted by Gasteiger charge is -2.14. The van der Waals surface area contributed by atoms with E-state index in [4.69, 9.17) is 4.74 Å². The van der Waals surface area contributed by atoms with Crippen molar-refractivity contribution in [1.82, 2.24) is 4.98 Å². The molecule has 0 atom stereocenters. The van der Waals surface area contributed by atoms with Crippen molar-refractivity contribution < 1.29 is 26.5 Å². The molecule has 0 spiro atoms. The fourth-order valence-electron chi connectivity index (χ4n) is 1.63. The van der Waals surface area contributed by atoms with E-state index in [2.05, 4.69) is 4.98 Å². The van der Waals surface area contributed by atoms with Crippen molar-refractivity contribution >= 4 is 5.97 Å². The lowest BCUT2D eigenvalue weighted by Crippen LogP contribution is -3.00. The molecule has 0 amide bonds. The third kappa shape index (κ3) is 4.83. The minimum Gasteiger partial charge on any atom is -1.00 e. The van der Waals surface area contributed by atoms with Gasteiger partial charge in [0.05, 0.1) is 5.41 Å². The zero-order chi connectivity index (χ0) is 14.6. The predicted molar refractivity (Wildman–Crippen MR) is 75.4 cm³/mol. The molecule has 2 rings (SSSR count). The number of aromatic nitrogens is 2. The summed E-state index contributed by atoms with van der Waals surface area (Å²) < 4.78 is 7.08. The molecule has 2 aromatic heterocycles. The van der Waals surface area contributed by atoms with Gasteiger partial charge in [0, 0.05) is 24.5 Å². The van der Waals surface area contributed by atoms with Gasteiger partial charge >= 0.3 is 5.97 Å². The van der Waals surface area contributed by atoms with Crippen molar-refractivity contribution in [1.29, 1.82) is 0 Å². The molecule has 0 saturated carbocycles. The second-order valence-corrected chi connectivity index (χ2v) is 5.65. The van der Waals surface area contributed by atoms with Crippen LogP contribution in [0.25, 0.3) is 11.1 Å². The molecule has 21 heavy (non-hydrogen) atoms. The highest BCUT2D eigenvalue weighted by Gasteiger charge is 2.23. The summed E-state index contributed by atoms with van der Waals surface area (Å²) >= 11 is 0. The highest BCUT2D eigenvalue weighted by molar-refractivity contribution is 5.75. The van der Waals surface area contributed by atoms with Gasteiger partial charge in [0.1, 0.15) is 0 Å². The van der Waals surface area contributed by atoms with Crippen molar-refractivity contribution in [3.63, 3.8) is 0 Å². The molecule has 0 aliphatic carbocycles. The smallest absolute Gasteiger partial charge is 0.316 e. The third-order valence-electron chi connectivity index (χ3n) is 2.86. The van der Waals surface area contributed by atoms with E-state index in [9.17, 15) is 4.79 Å². The van der Waals surface area contributed by atoms with E-state index < -0.39 is 5.41 Å². The number of esters is 1. The molecule has 0 fully saturated rings. The van der Waals surface area contributed by atoms with Crippen molar-refractivity contribution in [2.75, 3.05) is 0 Å². The van der Waals surface area contributed by atoms with E-state index in [1.54, 1.807) is 12.4 Å². The van der Waals surface area contributed by atoms with Crippen LogP contribution in [0.1, 0.15) is 20.8 Å². The SMILES string of the molecule is CC(C)(C)C(=O)OC[n+]1ccc(-c2ccncc2)cc1.[Cl-]. The lowest BCUT2D eigenvalue weighted by molar-refractivity contribution is -0.727. The molecular formula is C16H19ClN2O2. The molecule has 4 nitrogen and oxygen atoms in total. The average molecular weight is 307 g/mol. The van der Waals surface area contributed by atoms with Gasteiger partial charge in [-0.1, -0.05) is 0 Å². The van der Waals surface area contributed by atoms with Gasteiger partial charge in [-0.15, -0.1) is 0 Å². The van der Waals surface area contributed by atoms with Gasteiger partial charge in [-0.05, 0) is 44.0 Å². The normalized spacial score (nSPS) is 10.6. The van der Waals surface area contributed by atoms with Crippen LogP contribution in [-0.4, -0.2) is 11.0 Å². The summed E-state index contributed by atoms with van der Waals surface area (Å²) in [5.41, 5.74) is 1.74. The topological polar surface area (TPSA) is 43.1 Å². The first kappa shape index (κ1) is 17.1. The predicted octanol–water partition coefficient (Wildman–Crippen LogP) is -0.413. The van der Waals surface area contributed by atoms with Crippen LogP contribution >= 0.6 is 0 Å². The Kier molecular flexibility index (Phi) is 5.85. The van der Waals surface area contributed by atoms with Crippen LogP contribution in [0, 0.1) is 5.41 Å². The van der Waals surface area contributed by atoms with E-state index in [0.717, 1.165) is 11.1 Å². The molecule has 0 radical (unpaired) electrons. The summed E-state index contributed by atoms with van der Waals surface area (Å²) in [5.74, 6) is -0.205. The second kappa shape index (κ2) is 7.18. The number of ether oxygens (including phenoxy) is 1. The zero-order valence-corrected chi connectivity index (χ0v) is 13.2. The van der Waals surface area contributed by atoms with E-state index in [-0.39, 0.29) is 25.1 Å². The van der Waals surface area contributed by atoms with Gasteiger partial charge in [-0.2, -0.15) is 4.57 Å². The van der Waals surface area contributed by atoms with E-state index in [1.165, 1.54) is 0 Å². The summed E-state index contributed by atoms with van der Waals surface area (Å²) in [6.07, 6.45) is 7.32. The van der Waals surface area contributed by atoms with E-state index in [1.807, 2.05) is 62.0 Å². The first-order valence-electron chi connectivity index (χ1n) is 6.53. The van der Waals surface area contributed by atoms with Gasteiger partial charge in [-0.3, -0.25) is 9.78 Å². The number of rotatable bonds is 3. The highest BCUT2D eigenvalue weighted by atomic mass is 35.5. The van der Waals surface area contributed by atoms with Crippen molar-refractivity contribution in [3.8, 4) is 11.1 Å². The fraction of sp³-hybridized carbons (Fsp3) is 0.312. The molecule has 0 aliphatic heterocycles. The Hall–Kier alpha value is -1.94. The third-order valence-corrected chi connectivity index (χ3v) is 2.86. The lowest BCUT2D eigenvalue weighted by atomic mass is 9.98. The van der Waals surface area contributed by atoms with Crippen LogP contribution in [0.15, 0.2) is 49.1 Å². The number of carbonyl (C=O) groups is 1.